The van der Waals surface area contributed by atoms with Gasteiger partial charge in [-0.25, -0.2) is 0 Å². The Morgan fingerprint density at radius 1 is 1.00 bits per heavy atom. The molecular weight excluding hydrogens is 380 g/mol. The number of rotatable bonds is 6. The van der Waals surface area contributed by atoms with Crippen molar-refractivity contribution < 1.29 is 14.2 Å². The predicted octanol–water partition coefficient (Wildman–Crippen LogP) is 2.45. The van der Waals surface area contributed by atoms with Gasteiger partial charge in [-0.15, -0.1) is 0 Å². The molecule has 2 aliphatic heterocycles. The average Bonchev–Trinajstić information content (AvgIpc) is 3.24. The molecule has 30 heavy (non-hydrogen) atoms. The highest BCUT2D eigenvalue weighted by Crippen LogP contribution is 2.32. The Bertz CT molecular complexity index is 879. The minimum Gasteiger partial charge on any atom is -0.454 e. The van der Waals surface area contributed by atoms with Gasteiger partial charge in [0.1, 0.15) is 0 Å². The maximum Gasteiger partial charge on any atom is 0.231 e. The molecule has 160 valence electrons. The lowest BCUT2D eigenvalue weighted by molar-refractivity contribution is 0.171. The van der Waals surface area contributed by atoms with Crippen molar-refractivity contribution in [1.82, 2.24) is 15.1 Å². The van der Waals surface area contributed by atoms with E-state index in [9.17, 15) is 0 Å². The fraction of sp³-hybridized carbons (Fsp3) is 0.435. The van der Waals surface area contributed by atoms with E-state index in [2.05, 4.69) is 56.5 Å². The Morgan fingerprint density at radius 2 is 1.80 bits per heavy atom. The van der Waals surface area contributed by atoms with E-state index in [0.717, 1.165) is 56.7 Å². The molecule has 0 amide bonds. The van der Waals surface area contributed by atoms with Gasteiger partial charge in [-0.2, -0.15) is 0 Å². The van der Waals surface area contributed by atoms with Gasteiger partial charge in [0.25, 0.3) is 0 Å². The maximum absolute atomic E-state index is 5.50. The van der Waals surface area contributed by atoms with Crippen molar-refractivity contribution in [2.45, 2.75) is 19.7 Å². The standard InChI is InChI=1S/C23H30N4O3/c1-24-23(25-14-18-4-3-5-20(12-18)16-28-2)27-10-8-26(9-11-27)15-19-6-7-21-22(13-19)30-17-29-21/h3-7,12-13H,8-11,14-17H2,1-2H3,(H,24,25). The van der Waals surface area contributed by atoms with Crippen LogP contribution in [0.5, 0.6) is 11.5 Å². The summed E-state index contributed by atoms with van der Waals surface area (Å²) >= 11 is 0. The first kappa shape index (κ1) is 20.5. The summed E-state index contributed by atoms with van der Waals surface area (Å²) in [5.74, 6) is 2.64. The Labute approximate surface area is 178 Å². The molecule has 7 heteroatoms. The van der Waals surface area contributed by atoms with Crippen molar-refractivity contribution >= 4 is 5.96 Å². The van der Waals surface area contributed by atoms with Gasteiger partial charge in [0.05, 0.1) is 6.61 Å². The van der Waals surface area contributed by atoms with Crippen molar-refractivity contribution in [2.75, 3.05) is 47.1 Å². The van der Waals surface area contributed by atoms with E-state index < -0.39 is 0 Å². The third-order valence-corrected chi connectivity index (χ3v) is 5.48. The molecule has 0 aliphatic carbocycles. The summed E-state index contributed by atoms with van der Waals surface area (Å²) in [6.07, 6.45) is 0. The minimum absolute atomic E-state index is 0.320. The van der Waals surface area contributed by atoms with Crippen LogP contribution in [-0.4, -0.2) is 62.9 Å². The van der Waals surface area contributed by atoms with Crippen molar-refractivity contribution in [2.24, 2.45) is 4.99 Å². The van der Waals surface area contributed by atoms with Crippen LogP contribution >= 0.6 is 0 Å². The molecule has 0 atom stereocenters. The molecule has 1 saturated heterocycles. The van der Waals surface area contributed by atoms with E-state index in [4.69, 9.17) is 14.2 Å². The van der Waals surface area contributed by atoms with Crippen molar-refractivity contribution in [1.29, 1.82) is 0 Å². The number of aliphatic imine (C=N–C) groups is 1. The number of nitrogens with one attached hydrogen (secondary N) is 1. The van der Waals surface area contributed by atoms with Crippen LogP contribution < -0.4 is 14.8 Å². The number of hydrogen-bond acceptors (Lipinski definition) is 5. The molecule has 2 aromatic carbocycles. The molecule has 2 aliphatic rings. The first-order valence-corrected chi connectivity index (χ1v) is 10.4. The van der Waals surface area contributed by atoms with E-state index in [1.54, 1.807) is 7.11 Å². The molecule has 0 radical (unpaired) electrons. The van der Waals surface area contributed by atoms with Crippen LogP contribution in [0.25, 0.3) is 0 Å². The lowest BCUT2D eigenvalue weighted by Gasteiger charge is -2.36. The monoisotopic (exact) mass is 410 g/mol. The van der Waals surface area contributed by atoms with Gasteiger partial charge in [-0.05, 0) is 28.8 Å². The summed E-state index contributed by atoms with van der Waals surface area (Å²) in [5.41, 5.74) is 3.67. The molecule has 2 heterocycles. The van der Waals surface area contributed by atoms with E-state index in [1.165, 1.54) is 16.7 Å². The van der Waals surface area contributed by atoms with Crippen LogP contribution in [0.15, 0.2) is 47.5 Å². The fourth-order valence-corrected chi connectivity index (χ4v) is 3.92. The van der Waals surface area contributed by atoms with Gasteiger partial charge < -0.3 is 24.4 Å². The highest BCUT2D eigenvalue weighted by molar-refractivity contribution is 5.80. The highest BCUT2D eigenvalue weighted by atomic mass is 16.7. The summed E-state index contributed by atoms with van der Waals surface area (Å²) in [7, 11) is 3.57. The number of hydrogen-bond donors (Lipinski definition) is 1. The van der Waals surface area contributed by atoms with Gasteiger partial charge in [-0.1, -0.05) is 30.3 Å². The average molecular weight is 411 g/mol. The van der Waals surface area contributed by atoms with Crippen LogP contribution in [0.3, 0.4) is 0 Å². The lowest BCUT2D eigenvalue weighted by atomic mass is 10.1. The van der Waals surface area contributed by atoms with Crippen molar-refractivity contribution in [3.63, 3.8) is 0 Å². The third-order valence-electron chi connectivity index (χ3n) is 5.48. The Hall–Kier alpha value is -2.77. The zero-order valence-electron chi connectivity index (χ0n) is 17.8. The topological polar surface area (TPSA) is 58.6 Å². The van der Waals surface area contributed by atoms with E-state index in [1.807, 2.05) is 13.1 Å². The minimum atomic E-state index is 0.320. The summed E-state index contributed by atoms with van der Waals surface area (Å²) in [6.45, 7) is 6.53. The molecule has 0 aromatic heterocycles. The largest absolute Gasteiger partial charge is 0.454 e. The van der Waals surface area contributed by atoms with E-state index in [-0.39, 0.29) is 0 Å². The molecule has 4 rings (SSSR count). The molecule has 7 nitrogen and oxygen atoms in total. The van der Waals surface area contributed by atoms with Gasteiger partial charge in [0, 0.05) is 53.4 Å². The zero-order valence-corrected chi connectivity index (χ0v) is 17.8. The van der Waals surface area contributed by atoms with Crippen LogP contribution in [0, 0.1) is 0 Å². The van der Waals surface area contributed by atoms with Gasteiger partial charge in [-0.3, -0.25) is 9.89 Å². The second-order valence-corrected chi connectivity index (χ2v) is 7.60. The summed E-state index contributed by atoms with van der Waals surface area (Å²) < 4.78 is 16.1. The van der Waals surface area contributed by atoms with Crippen LogP contribution in [0.1, 0.15) is 16.7 Å². The van der Waals surface area contributed by atoms with E-state index >= 15 is 0 Å². The lowest BCUT2D eigenvalue weighted by Crippen LogP contribution is -2.52. The summed E-state index contributed by atoms with van der Waals surface area (Å²) in [6, 6.07) is 14.7. The second kappa shape index (κ2) is 9.82. The Morgan fingerprint density at radius 3 is 2.60 bits per heavy atom. The molecular formula is C23H30N4O3. The smallest absolute Gasteiger partial charge is 0.231 e. The molecule has 1 fully saturated rings. The number of guanidine groups is 1. The molecule has 0 spiro atoms. The van der Waals surface area contributed by atoms with E-state index in [0.29, 0.717) is 13.4 Å². The van der Waals surface area contributed by atoms with Crippen molar-refractivity contribution in [3.05, 3.63) is 59.2 Å². The maximum atomic E-state index is 5.50. The van der Waals surface area contributed by atoms with Gasteiger partial charge in [0.15, 0.2) is 17.5 Å². The number of nitrogens with zero attached hydrogens (tertiary/aromatic N) is 3. The number of methoxy groups -OCH3 is 1. The van der Waals surface area contributed by atoms with Gasteiger partial charge >= 0.3 is 0 Å². The van der Waals surface area contributed by atoms with Crippen molar-refractivity contribution in [3.8, 4) is 11.5 Å². The van der Waals surface area contributed by atoms with Crippen LogP contribution in [-0.2, 0) is 24.4 Å². The molecule has 2 aromatic rings. The summed E-state index contributed by atoms with van der Waals surface area (Å²) in [5, 5.41) is 3.50. The molecule has 0 bridgehead atoms. The first-order chi connectivity index (χ1) is 14.7. The fourth-order valence-electron chi connectivity index (χ4n) is 3.92. The normalized spacial score (nSPS) is 16.7. The third kappa shape index (κ3) is 5.04. The second-order valence-electron chi connectivity index (χ2n) is 7.60. The first-order valence-electron chi connectivity index (χ1n) is 10.4. The summed E-state index contributed by atoms with van der Waals surface area (Å²) in [4.78, 5) is 9.29. The van der Waals surface area contributed by atoms with Crippen LogP contribution in [0.4, 0.5) is 0 Å². The molecule has 1 N–H and O–H groups in total. The van der Waals surface area contributed by atoms with Gasteiger partial charge in [0.2, 0.25) is 6.79 Å². The number of ether oxygens (including phenoxy) is 3. The van der Waals surface area contributed by atoms with Crippen LogP contribution in [0.2, 0.25) is 0 Å². The molecule has 0 unspecified atom stereocenters. The number of benzene rings is 2. The zero-order chi connectivity index (χ0) is 20.8. The number of piperazine rings is 1. The highest BCUT2D eigenvalue weighted by Gasteiger charge is 2.21. The Kier molecular flexibility index (Phi) is 6.71. The SMILES string of the molecule is CN=C(NCc1cccc(COC)c1)N1CCN(Cc2ccc3c(c2)OCO3)CC1. The Balaban J connectivity index is 1.26. The predicted molar refractivity (Wildman–Crippen MR) is 117 cm³/mol. The number of fused-ring (bicyclic) bond motifs is 1. The molecule has 0 saturated carbocycles. The quantitative estimate of drug-likeness (QED) is 0.583.